The van der Waals surface area contributed by atoms with Crippen LogP contribution in [-0.4, -0.2) is 37.2 Å². The van der Waals surface area contributed by atoms with Gasteiger partial charge in [-0.3, -0.25) is 10.1 Å². The largest absolute Gasteiger partial charge is 0.449 e. The average molecular weight is 388 g/mol. The second-order valence-electron chi connectivity index (χ2n) is 6.83. The normalized spacial score (nSPS) is 15.4. The third-order valence-corrected chi connectivity index (χ3v) is 4.75. The van der Waals surface area contributed by atoms with Gasteiger partial charge in [-0.15, -0.1) is 0 Å². The average Bonchev–Trinajstić information content (AvgIpc) is 3.30. The predicted octanol–water partition coefficient (Wildman–Crippen LogP) is 2.89. The molecule has 0 radical (unpaired) electrons. The summed E-state index contributed by atoms with van der Waals surface area (Å²) in [5, 5.41) is 5.70. The van der Waals surface area contributed by atoms with Crippen molar-refractivity contribution in [1.82, 2.24) is 10.6 Å². The summed E-state index contributed by atoms with van der Waals surface area (Å²) in [5.74, 6) is -1.51. The number of esters is 1. The quantitative estimate of drug-likeness (QED) is 0.737. The molecule has 1 aliphatic rings. The van der Waals surface area contributed by atoms with E-state index in [1.165, 1.54) is 14.0 Å². The van der Waals surface area contributed by atoms with E-state index in [4.69, 9.17) is 13.9 Å². The molecule has 1 aromatic carbocycles. The van der Waals surface area contributed by atoms with Crippen molar-refractivity contribution in [3.05, 3.63) is 35.6 Å². The highest BCUT2D eigenvalue weighted by Gasteiger charge is 2.27. The third-order valence-electron chi connectivity index (χ3n) is 4.75. The van der Waals surface area contributed by atoms with Crippen LogP contribution in [0.1, 0.15) is 48.7 Å². The molecule has 3 rings (SSSR count). The standard InChI is InChI=1S/C20H24N2O6/c1-12(18(23)22-20(25)21-13-7-3-4-8-13)27-19(24)17-15(11-26-2)14-9-5-6-10-16(14)28-17/h5-6,9-10,12-13H,3-4,7-8,11H2,1-2H3,(H2,21,22,23,25). The fourth-order valence-corrected chi connectivity index (χ4v) is 3.32. The molecule has 1 heterocycles. The van der Waals surface area contributed by atoms with Crippen LogP contribution in [0.3, 0.4) is 0 Å². The first-order chi connectivity index (χ1) is 13.5. The molecule has 8 heteroatoms. The van der Waals surface area contributed by atoms with E-state index in [1.807, 2.05) is 12.1 Å². The van der Waals surface area contributed by atoms with E-state index in [-0.39, 0.29) is 18.4 Å². The zero-order valence-electron chi connectivity index (χ0n) is 15.9. The van der Waals surface area contributed by atoms with Crippen molar-refractivity contribution in [2.75, 3.05) is 7.11 Å². The number of ether oxygens (including phenoxy) is 2. The number of para-hydroxylation sites is 1. The molecule has 2 aromatic rings. The van der Waals surface area contributed by atoms with Crippen LogP contribution in [0.2, 0.25) is 0 Å². The van der Waals surface area contributed by atoms with Gasteiger partial charge in [0, 0.05) is 24.1 Å². The zero-order valence-corrected chi connectivity index (χ0v) is 15.9. The van der Waals surface area contributed by atoms with Gasteiger partial charge in [0.25, 0.3) is 5.91 Å². The van der Waals surface area contributed by atoms with Crippen LogP contribution in [-0.2, 0) is 20.9 Å². The highest BCUT2D eigenvalue weighted by Crippen LogP contribution is 2.27. The summed E-state index contributed by atoms with van der Waals surface area (Å²) >= 11 is 0. The van der Waals surface area contributed by atoms with Gasteiger partial charge < -0.3 is 19.2 Å². The molecule has 8 nitrogen and oxygen atoms in total. The summed E-state index contributed by atoms with van der Waals surface area (Å²) in [6, 6.07) is 6.66. The van der Waals surface area contributed by atoms with Crippen LogP contribution in [0.5, 0.6) is 0 Å². The molecule has 3 amide bonds. The maximum absolute atomic E-state index is 12.5. The van der Waals surface area contributed by atoms with Crippen LogP contribution in [0.25, 0.3) is 11.0 Å². The Hall–Kier alpha value is -2.87. The Morgan fingerprint density at radius 2 is 1.93 bits per heavy atom. The molecule has 1 atom stereocenters. The molecule has 28 heavy (non-hydrogen) atoms. The number of fused-ring (bicyclic) bond motifs is 1. The van der Waals surface area contributed by atoms with E-state index in [0.29, 0.717) is 11.1 Å². The van der Waals surface area contributed by atoms with Gasteiger partial charge in [0.2, 0.25) is 5.76 Å². The Labute approximate surface area is 162 Å². The van der Waals surface area contributed by atoms with Gasteiger partial charge in [-0.05, 0) is 25.8 Å². The summed E-state index contributed by atoms with van der Waals surface area (Å²) < 4.78 is 16.0. The minimum absolute atomic E-state index is 0.0156. The lowest BCUT2D eigenvalue weighted by atomic mass is 10.1. The van der Waals surface area contributed by atoms with E-state index in [0.717, 1.165) is 31.1 Å². The molecule has 2 N–H and O–H groups in total. The summed E-state index contributed by atoms with van der Waals surface area (Å²) in [7, 11) is 1.51. The smallest absolute Gasteiger partial charge is 0.375 e. The molecule has 0 spiro atoms. The van der Waals surface area contributed by atoms with Gasteiger partial charge >= 0.3 is 12.0 Å². The number of nitrogens with one attached hydrogen (secondary N) is 2. The Morgan fingerprint density at radius 3 is 2.64 bits per heavy atom. The number of methoxy groups -OCH3 is 1. The van der Waals surface area contributed by atoms with Crippen LogP contribution in [0.15, 0.2) is 28.7 Å². The van der Waals surface area contributed by atoms with Gasteiger partial charge in [-0.25, -0.2) is 9.59 Å². The van der Waals surface area contributed by atoms with Crippen molar-refractivity contribution in [3.8, 4) is 0 Å². The Bertz CT molecular complexity index is 869. The maximum atomic E-state index is 12.5. The lowest BCUT2D eigenvalue weighted by Crippen LogP contribution is -2.47. The number of carbonyl (C=O) groups excluding carboxylic acids is 3. The molecule has 1 fully saturated rings. The summed E-state index contributed by atoms with van der Waals surface area (Å²) in [5.41, 5.74) is 1.07. The number of carbonyl (C=O) groups is 3. The number of amides is 3. The van der Waals surface area contributed by atoms with Gasteiger partial charge in [0.1, 0.15) is 5.58 Å². The van der Waals surface area contributed by atoms with Crippen molar-refractivity contribution >= 4 is 28.9 Å². The first kappa shape index (κ1) is 19.9. The highest BCUT2D eigenvalue weighted by atomic mass is 16.6. The minimum Gasteiger partial charge on any atom is -0.449 e. The molecular weight excluding hydrogens is 364 g/mol. The third kappa shape index (κ3) is 4.51. The number of furan rings is 1. The molecule has 150 valence electrons. The summed E-state index contributed by atoms with van der Waals surface area (Å²) in [6.45, 7) is 1.56. The number of hydrogen-bond acceptors (Lipinski definition) is 6. The van der Waals surface area contributed by atoms with Crippen molar-refractivity contribution in [3.63, 3.8) is 0 Å². The summed E-state index contributed by atoms with van der Waals surface area (Å²) in [4.78, 5) is 36.6. The minimum atomic E-state index is -1.16. The van der Waals surface area contributed by atoms with Gasteiger partial charge in [-0.2, -0.15) is 0 Å². The molecule has 0 bridgehead atoms. The molecule has 0 saturated heterocycles. The Kier molecular flexibility index (Phi) is 6.30. The fraction of sp³-hybridized carbons (Fsp3) is 0.450. The Balaban J connectivity index is 1.63. The molecule has 1 aromatic heterocycles. The van der Waals surface area contributed by atoms with E-state index in [2.05, 4.69) is 10.6 Å². The summed E-state index contributed by atoms with van der Waals surface area (Å²) in [6.07, 6.45) is 2.77. The lowest BCUT2D eigenvalue weighted by Gasteiger charge is -2.15. The lowest BCUT2D eigenvalue weighted by molar-refractivity contribution is -0.128. The molecule has 1 unspecified atom stereocenters. The van der Waals surface area contributed by atoms with E-state index in [1.54, 1.807) is 12.1 Å². The molecule has 0 aliphatic heterocycles. The second kappa shape index (κ2) is 8.88. The number of rotatable bonds is 6. The number of imide groups is 1. The fourth-order valence-electron chi connectivity index (χ4n) is 3.32. The number of benzene rings is 1. The van der Waals surface area contributed by atoms with E-state index < -0.39 is 24.0 Å². The number of hydrogen-bond donors (Lipinski definition) is 2. The van der Waals surface area contributed by atoms with Crippen LogP contribution < -0.4 is 10.6 Å². The molecule has 1 aliphatic carbocycles. The monoisotopic (exact) mass is 388 g/mol. The molecular formula is C20H24N2O6. The van der Waals surface area contributed by atoms with Crippen molar-refractivity contribution in [2.45, 2.75) is 51.4 Å². The van der Waals surface area contributed by atoms with Gasteiger partial charge in [-0.1, -0.05) is 31.0 Å². The highest BCUT2D eigenvalue weighted by molar-refractivity contribution is 6.00. The van der Waals surface area contributed by atoms with Crippen molar-refractivity contribution in [2.24, 2.45) is 0 Å². The van der Waals surface area contributed by atoms with E-state index in [9.17, 15) is 14.4 Å². The molecule has 1 saturated carbocycles. The van der Waals surface area contributed by atoms with Crippen molar-refractivity contribution < 1.29 is 28.3 Å². The van der Waals surface area contributed by atoms with Crippen molar-refractivity contribution in [1.29, 1.82) is 0 Å². The van der Waals surface area contributed by atoms with Crippen LogP contribution in [0, 0.1) is 0 Å². The van der Waals surface area contributed by atoms with Gasteiger partial charge in [0.05, 0.1) is 6.61 Å². The SMILES string of the molecule is COCc1c(C(=O)OC(C)C(=O)NC(=O)NC2CCCC2)oc2ccccc12. The second-order valence-corrected chi connectivity index (χ2v) is 6.83. The first-order valence-electron chi connectivity index (χ1n) is 9.31. The Morgan fingerprint density at radius 1 is 1.21 bits per heavy atom. The van der Waals surface area contributed by atoms with Crippen LogP contribution in [0.4, 0.5) is 4.79 Å². The topological polar surface area (TPSA) is 107 Å². The number of urea groups is 1. The first-order valence-corrected chi connectivity index (χ1v) is 9.31. The van der Waals surface area contributed by atoms with Gasteiger partial charge in [0.15, 0.2) is 6.10 Å². The predicted molar refractivity (Wildman–Crippen MR) is 101 cm³/mol. The van der Waals surface area contributed by atoms with E-state index >= 15 is 0 Å². The van der Waals surface area contributed by atoms with Crippen LogP contribution >= 0.6 is 0 Å². The zero-order chi connectivity index (χ0) is 20.1. The maximum Gasteiger partial charge on any atom is 0.375 e.